The number of hydrogen-bond acceptors (Lipinski definition) is 4. The molecule has 1 N–H and O–H groups in total. The number of carbonyl (C=O) groups excluding carboxylic acids is 2. The van der Waals surface area contributed by atoms with Crippen LogP contribution in [0.1, 0.15) is 26.3 Å². The first-order valence-electron chi connectivity index (χ1n) is 10.3. The maximum absolute atomic E-state index is 12.9. The minimum Gasteiger partial charge on any atom is -0.378 e. The molecule has 4 rings (SSSR count). The molecule has 2 amide bonds. The standard InChI is InChI=1S/C25H23ClN2O3S/c26-20-9-11-21(12-10-20)32-17-18-5-7-19(8-6-18)24(29)27-23-4-2-1-3-22(23)25(30)28-13-15-31-16-14-28/h1-12H,13-17H2,(H,27,29). The van der Waals surface area contributed by atoms with E-state index in [2.05, 4.69) is 5.32 Å². The summed E-state index contributed by atoms with van der Waals surface area (Å²) in [7, 11) is 0. The number of anilines is 1. The Morgan fingerprint density at radius 2 is 1.62 bits per heavy atom. The van der Waals surface area contributed by atoms with Crippen molar-refractivity contribution in [2.24, 2.45) is 0 Å². The molecule has 1 fully saturated rings. The van der Waals surface area contributed by atoms with Gasteiger partial charge in [0.15, 0.2) is 0 Å². The van der Waals surface area contributed by atoms with Crippen molar-refractivity contribution >= 4 is 40.9 Å². The monoisotopic (exact) mass is 466 g/mol. The van der Waals surface area contributed by atoms with Gasteiger partial charge in [-0.25, -0.2) is 0 Å². The Bertz CT molecular complexity index is 1080. The van der Waals surface area contributed by atoms with Crippen LogP contribution < -0.4 is 5.32 Å². The highest BCUT2D eigenvalue weighted by molar-refractivity contribution is 7.98. The number of carbonyl (C=O) groups is 2. The zero-order valence-corrected chi connectivity index (χ0v) is 19.0. The number of nitrogens with one attached hydrogen (secondary N) is 1. The van der Waals surface area contributed by atoms with E-state index in [1.54, 1.807) is 47.0 Å². The first kappa shape index (κ1) is 22.4. The van der Waals surface area contributed by atoms with Crippen LogP contribution in [-0.2, 0) is 10.5 Å². The summed E-state index contributed by atoms with van der Waals surface area (Å²) in [6.45, 7) is 2.17. The molecule has 0 radical (unpaired) electrons. The Morgan fingerprint density at radius 1 is 0.938 bits per heavy atom. The van der Waals surface area contributed by atoms with Crippen LogP contribution in [0.25, 0.3) is 0 Å². The average molecular weight is 467 g/mol. The molecule has 0 unspecified atom stereocenters. The topological polar surface area (TPSA) is 58.6 Å². The minimum atomic E-state index is -0.246. The molecule has 0 bridgehead atoms. The Balaban J connectivity index is 1.39. The van der Waals surface area contributed by atoms with Crippen LogP contribution in [0, 0.1) is 0 Å². The van der Waals surface area contributed by atoms with Crippen LogP contribution in [0.15, 0.2) is 77.7 Å². The maximum Gasteiger partial charge on any atom is 0.256 e. The van der Waals surface area contributed by atoms with Crippen molar-refractivity contribution in [1.82, 2.24) is 4.90 Å². The van der Waals surface area contributed by atoms with Crippen molar-refractivity contribution in [3.05, 3.63) is 94.5 Å². The summed E-state index contributed by atoms with van der Waals surface area (Å²) in [5, 5.41) is 3.61. The molecule has 3 aromatic carbocycles. The summed E-state index contributed by atoms with van der Waals surface area (Å²) in [6.07, 6.45) is 0. The van der Waals surface area contributed by atoms with E-state index in [1.165, 1.54) is 0 Å². The highest BCUT2D eigenvalue weighted by Crippen LogP contribution is 2.25. The Hall–Kier alpha value is -2.80. The van der Waals surface area contributed by atoms with Crippen LogP contribution in [0.5, 0.6) is 0 Å². The smallest absolute Gasteiger partial charge is 0.256 e. The van der Waals surface area contributed by atoms with Gasteiger partial charge in [-0.05, 0) is 54.1 Å². The third-order valence-electron chi connectivity index (χ3n) is 5.14. The largest absolute Gasteiger partial charge is 0.378 e. The second kappa shape index (κ2) is 10.7. The van der Waals surface area contributed by atoms with Crippen molar-refractivity contribution in [2.45, 2.75) is 10.6 Å². The number of ether oxygens (including phenoxy) is 1. The maximum atomic E-state index is 12.9. The lowest BCUT2D eigenvalue weighted by Crippen LogP contribution is -2.41. The normalized spacial score (nSPS) is 13.6. The van der Waals surface area contributed by atoms with Crippen molar-refractivity contribution in [2.75, 3.05) is 31.6 Å². The zero-order chi connectivity index (χ0) is 22.3. The first-order valence-corrected chi connectivity index (χ1v) is 11.7. The third kappa shape index (κ3) is 5.71. The summed E-state index contributed by atoms with van der Waals surface area (Å²) >= 11 is 7.63. The fraction of sp³-hybridized carbons (Fsp3) is 0.200. The molecule has 1 aliphatic rings. The molecule has 32 heavy (non-hydrogen) atoms. The van der Waals surface area contributed by atoms with Gasteiger partial charge in [-0.3, -0.25) is 9.59 Å². The average Bonchev–Trinajstić information content (AvgIpc) is 2.84. The Kier molecular flexibility index (Phi) is 7.47. The number of para-hydroxylation sites is 1. The summed E-state index contributed by atoms with van der Waals surface area (Å²) in [6, 6.07) is 22.3. The van der Waals surface area contributed by atoms with Crippen LogP contribution in [0.2, 0.25) is 5.02 Å². The summed E-state index contributed by atoms with van der Waals surface area (Å²) in [5.74, 6) is 0.448. The lowest BCUT2D eigenvalue weighted by atomic mass is 10.1. The van der Waals surface area contributed by atoms with E-state index in [0.29, 0.717) is 43.1 Å². The number of hydrogen-bond donors (Lipinski definition) is 1. The summed E-state index contributed by atoms with van der Waals surface area (Å²) in [5.41, 5.74) is 2.65. The molecule has 1 saturated heterocycles. The van der Waals surface area contributed by atoms with Gasteiger partial charge in [-0.1, -0.05) is 35.9 Å². The predicted octanol–water partition coefficient (Wildman–Crippen LogP) is 5.36. The molecule has 0 saturated carbocycles. The predicted molar refractivity (Wildman–Crippen MR) is 129 cm³/mol. The van der Waals surface area contributed by atoms with E-state index < -0.39 is 0 Å². The molecule has 0 aromatic heterocycles. The molecule has 1 aliphatic heterocycles. The number of morpholine rings is 1. The third-order valence-corrected chi connectivity index (χ3v) is 6.47. The number of thioether (sulfide) groups is 1. The minimum absolute atomic E-state index is 0.0984. The molecule has 3 aromatic rings. The molecule has 0 aliphatic carbocycles. The van der Waals surface area contributed by atoms with Crippen molar-refractivity contribution in [3.63, 3.8) is 0 Å². The molecular formula is C25H23ClN2O3S. The Morgan fingerprint density at radius 3 is 2.34 bits per heavy atom. The van der Waals surface area contributed by atoms with E-state index in [9.17, 15) is 9.59 Å². The van der Waals surface area contributed by atoms with Gasteiger partial charge in [0.1, 0.15) is 0 Å². The van der Waals surface area contributed by atoms with Gasteiger partial charge < -0.3 is 15.0 Å². The SMILES string of the molecule is O=C(Nc1ccccc1C(=O)N1CCOCC1)c1ccc(CSc2ccc(Cl)cc2)cc1. The molecule has 164 valence electrons. The fourth-order valence-electron chi connectivity index (χ4n) is 3.36. The van der Waals surface area contributed by atoms with E-state index in [1.807, 2.05) is 42.5 Å². The number of nitrogens with zero attached hydrogens (tertiary/aromatic N) is 1. The van der Waals surface area contributed by atoms with E-state index >= 15 is 0 Å². The van der Waals surface area contributed by atoms with Crippen LogP contribution in [0.4, 0.5) is 5.69 Å². The van der Waals surface area contributed by atoms with Crippen molar-refractivity contribution in [1.29, 1.82) is 0 Å². The number of amides is 2. The van der Waals surface area contributed by atoms with Gasteiger partial charge in [0.25, 0.3) is 11.8 Å². The van der Waals surface area contributed by atoms with Crippen LogP contribution >= 0.6 is 23.4 Å². The van der Waals surface area contributed by atoms with Crippen molar-refractivity contribution < 1.29 is 14.3 Å². The lowest BCUT2D eigenvalue weighted by Gasteiger charge is -2.27. The van der Waals surface area contributed by atoms with E-state index in [-0.39, 0.29) is 11.8 Å². The van der Waals surface area contributed by atoms with Gasteiger partial charge in [-0.15, -0.1) is 11.8 Å². The van der Waals surface area contributed by atoms with Gasteiger partial charge >= 0.3 is 0 Å². The van der Waals surface area contributed by atoms with Gasteiger partial charge in [-0.2, -0.15) is 0 Å². The second-order valence-corrected chi connectivity index (χ2v) is 8.83. The Labute approximate surface area is 196 Å². The fourth-order valence-corrected chi connectivity index (χ4v) is 4.34. The summed E-state index contributed by atoms with van der Waals surface area (Å²) in [4.78, 5) is 28.6. The highest BCUT2D eigenvalue weighted by atomic mass is 35.5. The van der Waals surface area contributed by atoms with Crippen LogP contribution in [-0.4, -0.2) is 43.0 Å². The molecular weight excluding hydrogens is 444 g/mol. The van der Waals surface area contributed by atoms with Gasteiger partial charge in [0.2, 0.25) is 0 Å². The van der Waals surface area contributed by atoms with Crippen molar-refractivity contribution in [3.8, 4) is 0 Å². The highest BCUT2D eigenvalue weighted by Gasteiger charge is 2.21. The molecule has 0 spiro atoms. The lowest BCUT2D eigenvalue weighted by molar-refractivity contribution is 0.0303. The van der Waals surface area contributed by atoms with Crippen LogP contribution in [0.3, 0.4) is 0 Å². The molecule has 1 heterocycles. The quantitative estimate of drug-likeness (QED) is 0.497. The van der Waals surface area contributed by atoms with E-state index in [4.69, 9.17) is 16.3 Å². The number of rotatable bonds is 6. The summed E-state index contributed by atoms with van der Waals surface area (Å²) < 4.78 is 5.32. The van der Waals surface area contributed by atoms with E-state index in [0.717, 1.165) is 21.2 Å². The van der Waals surface area contributed by atoms with Gasteiger partial charge in [0, 0.05) is 34.3 Å². The number of benzene rings is 3. The first-order chi connectivity index (χ1) is 15.6. The molecule has 7 heteroatoms. The zero-order valence-electron chi connectivity index (χ0n) is 17.4. The molecule has 0 atom stereocenters. The van der Waals surface area contributed by atoms with Gasteiger partial charge in [0.05, 0.1) is 24.5 Å². The molecule has 5 nitrogen and oxygen atoms in total. The second-order valence-electron chi connectivity index (χ2n) is 7.34. The number of halogens is 1.